The number of hydrogen-bond acceptors (Lipinski definition) is 5. The SMILES string of the molecule is Fc1ccc2c(N3CCN(CCCCn4cc5ccccc5c4)CC3)csc2c1.O=C(O)/C=C\C(=O)O. The Morgan fingerprint density at radius 2 is 1.51 bits per heavy atom. The number of benzene rings is 2. The number of carboxylic acids is 2. The van der Waals surface area contributed by atoms with Crippen LogP contribution in [-0.2, 0) is 16.1 Å². The van der Waals surface area contributed by atoms with Crippen LogP contribution in [-0.4, -0.2) is 64.3 Å². The number of nitrogens with zero attached hydrogens (tertiary/aromatic N) is 3. The first kappa shape index (κ1) is 26.4. The van der Waals surface area contributed by atoms with E-state index in [9.17, 15) is 14.0 Å². The summed E-state index contributed by atoms with van der Waals surface area (Å²) in [4.78, 5) is 24.1. The van der Waals surface area contributed by atoms with Gasteiger partial charge < -0.3 is 19.7 Å². The number of rotatable bonds is 8. The summed E-state index contributed by atoms with van der Waals surface area (Å²) in [6.07, 6.45) is 8.07. The lowest BCUT2D eigenvalue weighted by molar-refractivity contribution is -0.134. The molecule has 7 nitrogen and oxygen atoms in total. The Labute approximate surface area is 218 Å². The maximum Gasteiger partial charge on any atom is 0.328 e. The molecule has 3 heterocycles. The topological polar surface area (TPSA) is 86.0 Å². The van der Waals surface area contributed by atoms with Crippen molar-refractivity contribution < 1.29 is 24.2 Å². The van der Waals surface area contributed by atoms with Crippen molar-refractivity contribution in [3.05, 3.63) is 78.2 Å². The molecule has 0 aliphatic carbocycles. The number of aryl methyl sites for hydroxylation is 1. The fourth-order valence-corrected chi connectivity index (χ4v) is 5.48. The normalized spacial score (nSPS) is 14.2. The Hall–Kier alpha value is -3.69. The molecule has 4 aromatic rings. The van der Waals surface area contributed by atoms with Crippen molar-refractivity contribution in [2.24, 2.45) is 0 Å². The van der Waals surface area contributed by atoms with Crippen LogP contribution in [0.4, 0.5) is 10.1 Å². The zero-order valence-electron chi connectivity index (χ0n) is 20.4. The van der Waals surface area contributed by atoms with Gasteiger partial charge in [0.2, 0.25) is 0 Å². The minimum Gasteiger partial charge on any atom is -0.478 e. The number of thiophene rings is 1. The van der Waals surface area contributed by atoms with Crippen molar-refractivity contribution in [1.29, 1.82) is 0 Å². The molecule has 1 aliphatic heterocycles. The molecule has 0 atom stereocenters. The molecule has 37 heavy (non-hydrogen) atoms. The lowest BCUT2D eigenvalue weighted by Gasteiger charge is -2.35. The summed E-state index contributed by atoms with van der Waals surface area (Å²) < 4.78 is 16.8. The van der Waals surface area contributed by atoms with E-state index in [1.807, 2.05) is 6.07 Å². The van der Waals surface area contributed by atoms with Gasteiger partial charge in [-0.05, 0) is 48.4 Å². The summed E-state index contributed by atoms with van der Waals surface area (Å²) in [6.45, 7) is 6.56. The molecule has 2 aromatic carbocycles. The number of aliphatic carboxylic acids is 2. The van der Waals surface area contributed by atoms with Crippen LogP contribution >= 0.6 is 11.3 Å². The number of halogens is 1. The van der Waals surface area contributed by atoms with Crippen LogP contribution in [0.25, 0.3) is 20.9 Å². The zero-order valence-corrected chi connectivity index (χ0v) is 21.2. The maximum absolute atomic E-state index is 13.4. The fraction of sp³-hybridized carbons (Fsp3) is 0.286. The van der Waals surface area contributed by atoms with Gasteiger partial charge in [0.1, 0.15) is 5.82 Å². The predicted molar refractivity (Wildman–Crippen MR) is 146 cm³/mol. The summed E-state index contributed by atoms with van der Waals surface area (Å²) in [7, 11) is 0. The third-order valence-electron chi connectivity index (χ3n) is 6.35. The Morgan fingerprint density at radius 3 is 2.14 bits per heavy atom. The highest BCUT2D eigenvalue weighted by Gasteiger charge is 2.19. The van der Waals surface area contributed by atoms with E-state index in [0.29, 0.717) is 12.2 Å². The Bertz CT molecular complexity index is 1340. The van der Waals surface area contributed by atoms with Gasteiger partial charge in [0.25, 0.3) is 0 Å². The van der Waals surface area contributed by atoms with Gasteiger partial charge in [-0.2, -0.15) is 0 Å². The van der Waals surface area contributed by atoms with Crippen molar-refractivity contribution >= 4 is 49.8 Å². The first-order valence-corrected chi connectivity index (χ1v) is 13.1. The standard InChI is InChI=1S/C24H26FN3S.C4H4O4/c25-21-7-8-22-23(18-29-24(22)15-21)28-13-11-26(12-14-28)9-3-4-10-27-16-19-5-1-2-6-20(19)17-27;5-3(6)1-2-4(7)8/h1-2,5-8,15-18H,3-4,9-14H2;1-2H,(H,5,6)(H,7,8)/b;2-1-. The second kappa shape index (κ2) is 12.5. The molecule has 1 aliphatic rings. The van der Waals surface area contributed by atoms with Crippen molar-refractivity contribution in [2.45, 2.75) is 19.4 Å². The molecule has 0 amide bonds. The molecule has 0 bridgehead atoms. The molecule has 1 fully saturated rings. The van der Waals surface area contributed by atoms with Crippen LogP contribution in [0.15, 0.2) is 72.4 Å². The zero-order chi connectivity index (χ0) is 26.2. The second-order valence-corrected chi connectivity index (χ2v) is 9.84. The summed E-state index contributed by atoms with van der Waals surface area (Å²) in [6, 6.07) is 13.7. The number of fused-ring (bicyclic) bond motifs is 2. The number of aromatic nitrogens is 1. The van der Waals surface area contributed by atoms with Crippen molar-refractivity contribution in [1.82, 2.24) is 9.47 Å². The van der Waals surface area contributed by atoms with Crippen LogP contribution in [0.5, 0.6) is 0 Å². The second-order valence-electron chi connectivity index (χ2n) is 8.93. The molecule has 1 saturated heterocycles. The van der Waals surface area contributed by atoms with Gasteiger partial charge in [-0.25, -0.2) is 14.0 Å². The number of carbonyl (C=O) groups is 2. The van der Waals surface area contributed by atoms with E-state index >= 15 is 0 Å². The largest absolute Gasteiger partial charge is 0.478 e. The van der Waals surface area contributed by atoms with Gasteiger partial charge >= 0.3 is 11.9 Å². The first-order chi connectivity index (χ1) is 17.9. The number of anilines is 1. The van der Waals surface area contributed by atoms with Gasteiger partial charge in [-0.1, -0.05) is 24.3 Å². The summed E-state index contributed by atoms with van der Waals surface area (Å²) in [5, 5.41) is 21.6. The molecule has 2 N–H and O–H groups in total. The summed E-state index contributed by atoms with van der Waals surface area (Å²) in [5.74, 6) is -2.66. The minimum atomic E-state index is -1.26. The Balaban J connectivity index is 0.000000349. The molecule has 0 radical (unpaired) electrons. The predicted octanol–water partition coefficient (Wildman–Crippen LogP) is 5.31. The molecule has 2 aromatic heterocycles. The van der Waals surface area contributed by atoms with E-state index in [1.165, 1.54) is 41.2 Å². The van der Waals surface area contributed by atoms with Crippen LogP contribution < -0.4 is 4.90 Å². The highest BCUT2D eigenvalue weighted by molar-refractivity contribution is 7.17. The van der Waals surface area contributed by atoms with E-state index in [0.717, 1.165) is 37.4 Å². The Kier molecular flexibility index (Phi) is 8.92. The molecule has 9 heteroatoms. The van der Waals surface area contributed by atoms with Crippen LogP contribution in [0.1, 0.15) is 12.8 Å². The minimum absolute atomic E-state index is 0.149. The highest BCUT2D eigenvalue weighted by Crippen LogP contribution is 2.34. The molecule has 0 spiro atoms. The van der Waals surface area contributed by atoms with Crippen LogP contribution in [0, 0.1) is 5.82 Å². The van der Waals surface area contributed by atoms with Crippen LogP contribution in [0.2, 0.25) is 0 Å². The van der Waals surface area contributed by atoms with E-state index in [4.69, 9.17) is 10.2 Å². The number of hydrogen-bond donors (Lipinski definition) is 2. The van der Waals surface area contributed by atoms with E-state index < -0.39 is 11.9 Å². The molecular formula is C28H30FN3O4S. The molecular weight excluding hydrogens is 493 g/mol. The average molecular weight is 524 g/mol. The molecule has 0 unspecified atom stereocenters. The van der Waals surface area contributed by atoms with Gasteiger partial charge in [0.15, 0.2) is 0 Å². The Morgan fingerprint density at radius 1 is 0.892 bits per heavy atom. The highest BCUT2D eigenvalue weighted by atomic mass is 32.1. The van der Waals surface area contributed by atoms with Gasteiger partial charge in [0.05, 0.1) is 5.69 Å². The van der Waals surface area contributed by atoms with Crippen molar-refractivity contribution in [2.75, 3.05) is 37.6 Å². The van der Waals surface area contributed by atoms with Gasteiger partial charge in [-0.15, -0.1) is 11.3 Å². The summed E-state index contributed by atoms with van der Waals surface area (Å²) >= 11 is 1.64. The lowest BCUT2D eigenvalue weighted by atomic mass is 10.2. The average Bonchev–Trinajstić information content (AvgIpc) is 3.49. The van der Waals surface area contributed by atoms with Gasteiger partial charge in [0, 0.05) is 72.7 Å². The van der Waals surface area contributed by atoms with E-state index in [1.54, 1.807) is 23.5 Å². The van der Waals surface area contributed by atoms with E-state index in [2.05, 4.69) is 56.4 Å². The van der Waals surface area contributed by atoms with Crippen molar-refractivity contribution in [3.8, 4) is 0 Å². The van der Waals surface area contributed by atoms with Gasteiger partial charge in [-0.3, -0.25) is 4.90 Å². The molecule has 5 rings (SSSR count). The summed E-state index contributed by atoms with van der Waals surface area (Å²) in [5.41, 5.74) is 1.27. The molecule has 0 saturated carbocycles. The van der Waals surface area contributed by atoms with E-state index in [-0.39, 0.29) is 5.82 Å². The monoisotopic (exact) mass is 523 g/mol. The number of piperazine rings is 1. The number of unbranched alkanes of at least 4 members (excludes halogenated alkanes) is 1. The maximum atomic E-state index is 13.4. The van der Waals surface area contributed by atoms with Crippen molar-refractivity contribution in [3.63, 3.8) is 0 Å². The lowest BCUT2D eigenvalue weighted by Crippen LogP contribution is -2.46. The third kappa shape index (κ3) is 7.41. The fourth-order valence-electron chi connectivity index (χ4n) is 4.49. The quantitative estimate of drug-likeness (QED) is 0.241. The number of carboxylic acid groups (broad SMARTS) is 2. The van der Waals surface area contributed by atoms with Crippen LogP contribution in [0.3, 0.4) is 0 Å². The molecule has 194 valence electrons. The first-order valence-electron chi connectivity index (χ1n) is 12.2. The third-order valence-corrected chi connectivity index (χ3v) is 7.28. The smallest absolute Gasteiger partial charge is 0.328 e.